The Kier molecular flexibility index (Phi) is 5.91. The molecule has 2 aromatic heterocycles. The topological polar surface area (TPSA) is 71.4 Å². The van der Waals surface area contributed by atoms with E-state index in [0.29, 0.717) is 22.2 Å². The van der Waals surface area contributed by atoms with Crippen LogP contribution in [0.5, 0.6) is 0 Å². The van der Waals surface area contributed by atoms with Crippen molar-refractivity contribution in [1.29, 1.82) is 0 Å². The van der Waals surface area contributed by atoms with Crippen molar-refractivity contribution in [1.82, 2.24) is 15.0 Å². The third-order valence-corrected chi connectivity index (χ3v) is 6.91. The van der Waals surface area contributed by atoms with Crippen molar-refractivity contribution in [2.24, 2.45) is 5.41 Å². The predicted octanol–water partition coefficient (Wildman–Crippen LogP) is 3.85. The molecule has 1 N–H and O–H groups in total. The zero-order valence-corrected chi connectivity index (χ0v) is 17.4. The van der Waals surface area contributed by atoms with Gasteiger partial charge in [-0.3, -0.25) is 4.98 Å². The first-order chi connectivity index (χ1) is 14.3. The first kappa shape index (κ1) is 21.3. The number of aromatic nitrogens is 3. The van der Waals surface area contributed by atoms with Gasteiger partial charge >= 0.3 is 6.18 Å². The molecule has 0 radical (unpaired) electrons. The van der Waals surface area contributed by atoms with Gasteiger partial charge in [0.05, 0.1) is 18.9 Å². The number of rotatable bonds is 4. The third-order valence-electron chi connectivity index (χ3n) is 5.78. The maximum Gasteiger partial charge on any atom is 0.434 e. The van der Waals surface area contributed by atoms with Crippen LogP contribution in [0.4, 0.5) is 19.0 Å². The van der Waals surface area contributed by atoms with Crippen LogP contribution in [0.2, 0.25) is 0 Å². The summed E-state index contributed by atoms with van der Waals surface area (Å²) in [6.45, 7) is 4.57. The lowest BCUT2D eigenvalue weighted by Gasteiger charge is -2.39. The molecule has 0 unspecified atom stereocenters. The van der Waals surface area contributed by atoms with E-state index in [2.05, 4.69) is 19.9 Å². The molecule has 4 rings (SSSR count). The van der Waals surface area contributed by atoms with Gasteiger partial charge in [-0.25, -0.2) is 9.97 Å². The molecule has 0 bridgehead atoms. The number of nitrogens with zero attached hydrogens (tertiary/aromatic N) is 4. The molecule has 0 aromatic carbocycles. The summed E-state index contributed by atoms with van der Waals surface area (Å²) in [4.78, 5) is 14.6. The van der Waals surface area contributed by atoms with Gasteiger partial charge in [0.15, 0.2) is 11.5 Å². The van der Waals surface area contributed by atoms with Gasteiger partial charge < -0.3 is 14.7 Å². The predicted molar refractivity (Wildman–Crippen MR) is 105 cm³/mol. The average Bonchev–Trinajstić information content (AvgIpc) is 3.17. The van der Waals surface area contributed by atoms with Crippen LogP contribution in [0.25, 0.3) is 0 Å². The Morgan fingerprint density at radius 3 is 2.63 bits per heavy atom. The summed E-state index contributed by atoms with van der Waals surface area (Å²) in [5.41, 5.74) is 0.182. The van der Waals surface area contributed by atoms with Gasteiger partial charge in [0.25, 0.3) is 0 Å². The number of ether oxygens (including phenoxy) is 1. The van der Waals surface area contributed by atoms with E-state index in [0.717, 1.165) is 63.5 Å². The smallest absolute Gasteiger partial charge is 0.390 e. The van der Waals surface area contributed by atoms with Crippen LogP contribution in [0.3, 0.4) is 0 Å². The molecule has 0 aliphatic carbocycles. The van der Waals surface area contributed by atoms with Crippen molar-refractivity contribution in [2.75, 3.05) is 31.2 Å². The van der Waals surface area contributed by atoms with E-state index in [1.165, 1.54) is 12.1 Å². The number of aliphatic hydroxyl groups excluding tert-OH is 1. The molecular weight excluding hydrogens is 417 g/mol. The van der Waals surface area contributed by atoms with Crippen LogP contribution in [-0.2, 0) is 17.5 Å². The number of pyridine rings is 1. The maximum absolute atomic E-state index is 13.3. The second-order valence-electron chi connectivity index (χ2n) is 7.78. The van der Waals surface area contributed by atoms with Crippen molar-refractivity contribution in [2.45, 2.75) is 48.9 Å². The zero-order valence-electron chi connectivity index (χ0n) is 16.6. The summed E-state index contributed by atoms with van der Waals surface area (Å²) in [5, 5.41) is 10.2. The number of hydrogen-bond acceptors (Lipinski definition) is 7. The molecule has 6 nitrogen and oxygen atoms in total. The fourth-order valence-corrected chi connectivity index (χ4v) is 4.98. The van der Waals surface area contributed by atoms with Crippen molar-refractivity contribution in [3.8, 4) is 0 Å². The van der Waals surface area contributed by atoms with Crippen molar-refractivity contribution in [3.05, 3.63) is 35.4 Å². The molecule has 0 saturated carbocycles. The van der Waals surface area contributed by atoms with Gasteiger partial charge in [0.2, 0.25) is 0 Å². The monoisotopic (exact) mass is 440 g/mol. The second kappa shape index (κ2) is 8.32. The van der Waals surface area contributed by atoms with E-state index in [9.17, 15) is 18.3 Å². The molecule has 162 valence electrons. The normalized spacial score (nSPS) is 18.9. The lowest BCUT2D eigenvalue weighted by molar-refractivity contribution is -0.143. The number of aliphatic hydroxyl groups is 1. The first-order valence-electron chi connectivity index (χ1n) is 9.82. The Balaban J connectivity index is 1.58. The number of piperidine rings is 1. The number of halogens is 3. The van der Waals surface area contributed by atoms with Gasteiger partial charge in [-0.1, -0.05) is 11.8 Å². The first-order valence-corrected chi connectivity index (χ1v) is 10.6. The second-order valence-corrected chi connectivity index (χ2v) is 8.81. The van der Waals surface area contributed by atoms with E-state index in [4.69, 9.17) is 4.74 Å². The minimum atomic E-state index is -4.56. The zero-order chi connectivity index (χ0) is 21.4. The standard InChI is InChI=1S/C20H23F3N4O2S/c1-13-18(30-15-3-2-7-24-16(15)20(21,22)23)26-14(11-28)17(25-13)27-8-4-19(5-9-27)6-10-29-12-19/h2-3,7,28H,4-6,8-12H2,1H3. The van der Waals surface area contributed by atoms with Gasteiger partial charge in [0.1, 0.15) is 10.7 Å². The lowest BCUT2D eigenvalue weighted by atomic mass is 9.78. The molecule has 30 heavy (non-hydrogen) atoms. The molecule has 1 spiro atoms. The molecular formula is C20H23F3N4O2S. The Morgan fingerprint density at radius 1 is 1.23 bits per heavy atom. The van der Waals surface area contributed by atoms with Crippen molar-refractivity contribution >= 4 is 17.6 Å². The van der Waals surface area contributed by atoms with E-state index in [1.54, 1.807) is 6.92 Å². The molecule has 4 heterocycles. The maximum atomic E-state index is 13.3. The summed E-state index contributed by atoms with van der Waals surface area (Å²) in [5.74, 6) is 0.607. The van der Waals surface area contributed by atoms with Crippen LogP contribution in [-0.4, -0.2) is 46.4 Å². The fraction of sp³-hybridized carbons (Fsp3) is 0.550. The summed E-state index contributed by atoms with van der Waals surface area (Å²) < 4.78 is 45.4. The highest BCUT2D eigenvalue weighted by Gasteiger charge is 2.39. The molecule has 2 fully saturated rings. The lowest BCUT2D eigenvalue weighted by Crippen LogP contribution is -2.41. The minimum Gasteiger partial charge on any atom is -0.390 e. The third kappa shape index (κ3) is 4.26. The summed E-state index contributed by atoms with van der Waals surface area (Å²) in [6, 6.07) is 2.82. The van der Waals surface area contributed by atoms with Crippen molar-refractivity contribution < 1.29 is 23.0 Å². The largest absolute Gasteiger partial charge is 0.434 e. The van der Waals surface area contributed by atoms with Crippen LogP contribution in [0, 0.1) is 12.3 Å². The van der Waals surface area contributed by atoms with Gasteiger partial charge in [-0.2, -0.15) is 13.2 Å². The number of alkyl halides is 3. The number of hydrogen-bond donors (Lipinski definition) is 1. The molecule has 2 aliphatic heterocycles. The molecule has 2 aromatic rings. The van der Waals surface area contributed by atoms with Crippen LogP contribution in [0.1, 0.15) is 36.3 Å². The number of aryl methyl sites for hydroxylation is 1. The van der Waals surface area contributed by atoms with E-state index >= 15 is 0 Å². The SMILES string of the molecule is Cc1nc(N2CCC3(CCOC3)CC2)c(CO)nc1Sc1cccnc1C(F)(F)F. The minimum absolute atomic E-state index is 0.0415. The molecule has 0 amide bonds. The summed E-state index contributed by atoms with van der Waals surface area (Å²) in [7, 11) is 0. The van der Waals surface area contributed by atoms with Gasteiger partial charge in [0, 0.05) is 30.8 Å². The number of anilines is 1. The molecule has 2 saturated heterocycles. The highest BCUT2D eigenvalue weighted by molar-refractivity contribution is 7.99. The Hall–Kier alpha value is -1.91. The fourth-order valence-electron chi connectivity index (χ4n) is 4.01. The Morgan fingerprint density at radius 2 is 2.00 bits per heavy atom. The van der Waals surface area contributed by atoms with Gasteiger partial charge in [-0.05, 0) is 43.7 Å². The summed E-state index contributed by atoms with van der Waals surface area (Å²) in [6.07, 6.45) is -0.398. The van der Waals surface area contributed by atoms with Crippen molar-refractivity contribution in [3.63, 3.8) is 0 Å². The van der Waals surface area contributed by atoms with Crippen LogP contribution >= 0.6 is 11.8 Å². The Bertz CT molecular complexity index is 909. The van der Waals surface area contributed by atoms with E-state index in [1.807, 2.05) is 0 Å². The van der Waals surface area contributed by atoms with E-state index in [-0.39, 0.29) is 16.9 Å². The molecule has 2 aliphatic rings. The van der Waals surface area contributed by atoms with E-state index < -0.39 is 11.9 Å². The quantitative estimate of drug-likeness (QED) is 0.774. The highest BCUT2D eigenvalue weighted by Crippen LogP contribution is 2.41. The summed E-state index contributed by atoms with van der Waals surface area (Å²) >= 11 is 0.866. The van der Waals surface area contributed by atoms with Crippen LogP contribution < -0.4 is 4.90 Å². The molecule has 0 atom stereocenters. The van der Waals surface area contributed by atoms with Crippen LogP contribution in [0.15, 0.2) is 28.3 Å². The Labute approximate surface area is 176 Å². The highest BCUT2D eigenvalue weighted by atomic mass is 32.2. The molecule has 10 heteroatoms. The van der Waals surface area contributed by atoms with Gasteiger partial charge in [-0.15, -0.1) is 0 Å². The average molecular weight is 440 g/mol.